The largest absolute Gasteiger partial charge is 0.493 e. The summed E-state index contributed by atoms with van der Waals surface area (Å²) in [5.74, 6) is 0.963. The number of benzene rings is 4. The van der Waals surface area contributed by atoms with Gasteiger partial charge >= 0.3 is 0 Å². The molecule has 1 nitrogen and oxygen atoms in total. The van der Waals surface area contributed by atoms with Gasteiger partial charge in [-0.3, -0.25) is 0 Å². The van der Waals surface area contributed by atoms with Crippen LogP contribution in [0.2, 0.25) is 0 Å². The maximum atomic E-state index is 5.76. The minimum absolute atomic E-state index is 0.689. The molecule has 0 unspecified atom stereocenters. The van der Waals surface area contributed by atoms with Crippen molar-refractivity contribution in [2.75, 3.05) is 6.61 Å². The van der Waals surface area contributed by atoms with E-state index in [2.05, 4.69) is 60.7 Å². The predicted molar refractivity (Wildman–Crippen MR) is 90.1 cm³/mol. The molecule has 4 aromatic carbocycles. The summed E-state index contributed by atoms with van der Waals surface area (Å²) in [6.07, 6.45) is 0. The van der Waals surface area contributed by atoms with Gasteiger partial charge in [-0.15, -0.1) is 0 Å². The number of hydrogen-bond donors (Lipinski definition) is 0. The van der Waals surface area contributed by atoms with E-state index in [4.69, 9.17) is 4.74 Å². The molecule has 0 spiro atoms. The van der Waals surface area contributed by atoms with Crippen molar-refractivity contribution in [1.82, 2.24) is 0 Å². The summed E-state index contributed by atoms with van der Waals surface area (Å²) in [6, 6.07) is 23.6. The van der Waals surface area contributed by atoms with Crippen molar-refractivity contribution in [3.05, 3.63) is 66.7 Å². The summed E-state index contributed by atoms with van der Waals surface area (Å²) in [4.78, 5) is 0. The van der Waals surface area contributed by atoms with E-state index in [0.29, 0.717) is 6.61 Å². The van der Waals surface area contributed by atoms with Gasteiger partial charge in [0, 0.05) is 5.39 Å². The Balaban J connectivity index is 2.15. The molecule has 0 aliphatic carbocycles. The Hall–Kier alpha value is -2.54. The van der Waals surface area contributed by atoms with Gasteiger partial charge in [0.05, 0.1) is 6.61 Å². The van der Waals surface area contributed by atoms with Gasteiger partial charge in [-0.2, -0.15) is 0 Å². The maximum absolute atomic E-state index is 5.76. The predicted octanol–water partition coefficient (Wildman–Crippen LogP) is 5.54. The van der Waals surface area contributed by atoms with E-state index in [9.17, 15) is 0 Å². The zero-order chi connectivity index (χ0) is 14.2. The fourth-order valence-corrected chi connectivity index (χ4v) is 3.11. The van der Waals surface area contributed by atoms with E-state index in [1.807, 2.05) is 13.0 Å². The average molecular weight is 272 g/mol. The highest BCUT2D eigenvalue weighted by Gasteiger charge is 2.07. The molecule has 0 fully saturated rings. The average Bonchev–Trinajstić information content (AvgIpc) is 2.55. The first-order valence-electron chi connectivity index (χ1n) is 7.34. The van der Waals surface area contributed by atoms with E-state index in [1.54, 1.807) is 0 Å². The molecule has 0 aromatic heterocycles. The van der Waals surface area contributed by atoms with Gasteiger partial charge in [0.15, 0.2) is 0 Å². The first-order valence-corrected chi connectivity index (χ1v) is 7.34. The zero-order valence-electron chi connectivity index (χ0n) is 12.0. The lowest BCUT2D eigenvalue weighted by molar-refractivity contribution is 0.344. The van der Waals surface area contributed by atoms with Gasteiger partial charge in [0.2, 0.25) is 0 Å². The Bertz CT molecular complexity index is 954. The summed E-state index contributed by atoms with van der Waals surface area (Å²) in [6.45, 7) is 2.71. The monoisotopic (exact) mass is 272 g/mol. The van der Waals surface area contributed by atoms with Crippen LogP contribution in [0.25, 0.3) is 32.3 Å². The Morgan fingerprint density at radius 2 is 1.29 bits per heavy atom. The Morgan fingerprint density at radius 3 is 2.19 bits per heavy atom. The minimum atomic E-state index is 0.689. The van der Waals surface area contributed by atoms with Crippen LogP contribution in [0.3, 0.4) is 0 Å². The lowest BCUT2D eigenvalue weighted by atomic mass is 9.97. The molecule has 0 aliphatic rings. The second-order valence-electron chi connectivity index (χ2n) is 5.23. The van der Waals surface area contributed by atoms with Crippen LogP contribution >= 0.6 is 0 Å². The first kappa shape index (κ1) is 12.2. The minimum Gasteiger partial charge on any atom is -0.493 e. The van der Waals surface area contributed by atoms with Crippen molar-refractivity contribution in [1.29, 1.82) is 0 Å². The van der Waals surface area contributed by atoms with Crippen LogP contribution < -0.4 is 4.74 Å². The normalized spacial score (nSPS) is 11.3. The van der Waals surface area contributed by atoms with Crippen molar-refractivity contribution in [3.63, 3.8) is 0 Å². The molecule has 4 aromatic rings. The number of fused-ring (bicyclic) bond motifs is 5. The van der Waals surface area contributed by atoms with Gasteiger partial charge in [0.1, 0.15) is 5.75 Å². The van der Waals surface area contributed by atoms with Crippen LogP contribution in [0.1, 0.15) is 6.92 Å². The molecule has 102 valence electrons. The van der Waals surface area contributed by atoms with E-state index in [1.165, 1.54) is 32.3 Å². The molecule has 4 rings (SSSR count). The van der Waals surface area contributed by atoms with Gasteiger partial charge in [-0.05, 0) is 46.0 Å². The molecular weight excluding hydrogens is 256 g/mol. The van der Waals surface area contributed by atoms with Crippen LogP contribution in [-0.2, 0) is 0 Å². The van der Waals surface area contributed by atoms with Crippen LogP contribution in [0.4, 0.5) is 0 Å². The maximum Gasteiger partial charge on any atom is 0.127 e. The van der Waals surface area contributed by atoms with E-state index < -0.39 is 0 Å². The third-order valence-electron chi connectivity index (χ3n) is 4.04. The summed E-state index contributed by atoms with van der Waals surface area (Å²) in [7, 11) is 0. The van der Waals surface area contributed by atoms with Crippen molar-refractivity contribution in [2.45, 2.75) is 6.92 Å². The van der Waals surface area contributed by atoms with Gasteiger partial charge in [-0.1, -0.05) is 54.6 Å². The number of rotatable bonds is 2. The molecule has 0 heterocycles. The molecule has 0 aliphatic heterocycles. The molecule has 0 amide bonds. The molecule has 0 saturated heterocycles. The zero-order valence-corrected chi connectivity index (χ0v) is 12.0. The highest BCUT2D eigenvalue weighted by molar-refractivity contribution is 6.18. The Kier molecular flexibility index (Phi) is 2.78. The van der Waals surface area contributed by atoms with Crippen LogP contribution in [0.15, 0.2) is 66.7 Å². The van der Waals surface area contributed by atoms with Crippen LogP contribution in [0.5, 0.6) is 5.75 Å². The fraction of sp³-hybridized carbons (Fsp3) is 0.100. The molecule has 0 radical (unpaired) electrons. The third kappa shape index (κ3) is 1.85. The summed E-state index contributed by atoms with van der Waals surface area (Å²) in [5, 5.41) is 7.61. The topological polar surface area (TPSA) is 9.23 Å². The highest BCUT2D eigenvalue weighted by Crippen LogP contribution is 2.34. The Labute approximate surface area is 123 Å². The number of ether oxygens (including phenoxy) is 1. The first-order chi connectivity index (χ1) is 10.4. The van der Waals surface area contributed by atoms with E-state index in [-0.39, 0.29) is 0 Å². The van der Waals surface area contributed by atoms with Crippen molar-refractivity contribution in [2.24, 2.45) is 0 Å². The number of hydrogen-bond acceptors (Lipinski definition) is 1. The molecule has 1 heteroatoms. The van der Waals surface area contributed by atoms with Crippen molar-refractivity contribution in [3.8, 4) is 5.75 Å². The smallest absolute Gasteiger partial charge is 0.127 e. The van der Waals surface area contributed by atoms with Crippen LogP contribution in [-0.4, -0.2) is 6.61 Å². The second-order valence-corrected chi connectivity index (χ2v) is 5.23. The summed E-state index contributed by atoms with van der Waals surface area (Å²) in [5.41, 5.74) is 0. The Morgan fingerprint density at radius 1 is 0.619 bits per heavy atom. The molecule has 0 saturated carbocycles. The van der Waals surface area contributed by atoms with Gasteiger partial charge < -0.3 is 4.74 Å². The van der Waals surface area contributed by atoms with Crippen LogP contribution in [0, 0.1) is 0 Å². The SMILES string of the molecule is CCOc1cccc2c1ccc1c3ccccc3ccc21. The molecule has 0 N–H and O–H groups in total. The standard InChI is InChI=1S/C20H16O/c1-2-21-20-9-5-8-16-18-11-10-14-6-3-4-7-15(14)17(18)12-13-19(16)20/h3-13H,2H2,1H3. The summed E-state index contributed by atoms with van der Waals surface area (Å²) < 4.78 is 5.76. The second kappa shape index (κ2) is 4.78. The van der Waals surface area contributed by atoms with E-state index >= 15 is 0 Å². The lowest BCUT2D eigenvalue weighted by Gasteiger charge is -2.11. The van der Waals surface area contributed by atoms with E-state index in [0.717, 1.165) is 5.75 Å². The summed E-state index contributed by atoms with van der Waals surface area (Å²) >= 11 is 0. The quantitative estimate of drug-likeness (QED) is 0.435. The lowest BCUT2D eigenvalue weighted by Crippen LogP contribution is -1.92. The molecule has 21 heavy (non-hydrogen) atoms. The third-order valence-corrected chi connectivity index (χ3v) is 4.04. The molecule has 0 bridgehead atoms. The van der Waals surface area contributed by atoms with Crippen molar-refractivity contribution >= 4 is 32.3 Å². The fourth-order valence-electron chi connectivity index (χ4n) is 3.11. The van der Waals surface area contributed by atoms with Gasteiger partial charge in [-0.25, -0.2) is 0 Å². The van der Waals surface area contributed by atoms with Crippen molar-refractivity contribution < 1.29 is 4.74 Å². The molecule has 0 atom stereocenters. The van der Waals surface area contributed by atoms with Gasteiger partial charge in [0.25, 0.3) is 0 Å². The highest BCUT2D eigenvalue weighted by atomic mass is 16.5. The molecular formula is C20H16O.